The van der Waals surface area contributed by atoms with Crippen molar-refractivity contribution in [2.24, 2.45) is 5.73 Å². The number of hydrogen-bond donors (Lipinski definition) is 1. The van der Waals surface area contributed by atoms with Crippen LogP contribution < -0.4 is 15.2 Å². The van der Waals surface area contributed by atoms with Crippen molar-refractivity contribution in [3.05, 3.63) is 57.6 Å². The van der Waals surface area contributed by atoms with Gasteiger partial charge in [0.05, 0.1) is 24.2 Å². The summed E-state index contributed by atoms with van der Waals surface area (Å²) >= 11 is 3.50. The molecule has 2 N–H and O–H groups in total. The number of methoxy groups -OCH3 is 1. The van der Waals surface area contributed by atoms with Crippen LogP contribution in [0.1, 0.15) is 22.7 Å². The highest BCUT2D eigenvalue weighted by molar-refractivity contribution is 9.10. The molecule has 2 aromatic carbocycles. The molecule has 0 aromatic heterocycles. The molecule has 0 fully saturated rings. The van der Waals surface area contributed by atoms with Crippen LogP contribution >= 0.6 is 15.9 Å². The van der Waals surface area contributed by atoms with Crippen LogP contribution in [0.4, 0.5) is 0 Å². The molecule has 3 nitrogen and oxygen atoms in total. The number of nitrogens with two attached hydrogens (primary N) is 1. The molecule has 20 heavy (non-hydrogen) atoms. The maximum absolute atomic E-state index is 6.37. The van der Waals surface area contributed by atoms with Crippen molar-refractivity contribution >= 4 is 15.9 Å². The van der Waals surface area contributed by atoms with Gasteiger partial charge >= 0.3 is 0 Å². The molecular formula is C16H16BrNO2. The molecule has 0 radical (unpaired) electrons. The van der Waals surface area contributed by atoms with Gasteiger partial charge in [-0.1, -0.05) is 18.2 Å². The van der Waals surface area contributed by atoms with Crippen molar-refractivity contribution in [2.75, 3.05) is 13.7 Å². The average molecular weight is 334 g/mol. The first kappa shape index (κ1) is 13.5. The van der Waals surface area contributed by atoms with E-state index in [2.05, 4.69) is 22.0 Å². The lowest BCUT2D eigenvalue weighted by Gasteiger charge is -2.15. The fraction of sp³-hybridized carbons (Fsp3) is 0.250. The molecule has 0 bridgehead atoms. The quantitative estimate of drug-likeness (QED) is 0.935. The maximum atomic E-state index is 6.37. The van der Waals surface area contributed by atoms with Crippen molar-refractivity contribution in [1.82, 2.24) is 0 Å². The number of hydrogen-bond acceptors (Lipinski definition) is 3. The van der Waals surface area contributed by atoms with E-state index in [-0.39, 0.29) is 6.04 Å². The SMILES string of the molecule is COc1ccc(C(N)c2ccc3c(c2)CCO3)cc1Br. The Labute approximate surface area is 126 Å². The lowest BCUT2D eigenvalue weighted by atomic mass is 9.97. The van der Waals surface area contributed by atoms with Crippen LogP contribution in [0.5, 0.6) is 11.5 Å². The first-order valence-corrected chi connectivity index (χ1v) is 7.33. The Morgan fingerprint density at radius 2 is 1.95 bits per heavy atom. The Balaban J connectivity index is 1.92. The highest BCUT2D eigenvalue weighted by Crippen LogP contribution is 2.32. The Morgan fingerprint density at radius 1 is 1.20 bits per heavy atom. The summed E-state index contributed by atoms with van der Waals surface area (Å²) in [5.74, 6) is 1.79. The van der Waals surface area contributed by atoms with Gasteiger partial charge in [-0.25, -0.2) is 0 Å². The van der Waals surface area contributed by atoms with Gasteiger partial charge in [-0.2, -0.15) is 0 Å². The molecule has 0 aliphatic carbocycles. The van der Waals surface area contributed by atoms with Crippen molar-refractivity contribution < 1.29 is 9.47 Å². The summed E-state index contributed by atoms with van der Waals surface area (Å²) in [5.41, 5.74) is 9.76. The molecule has 0 saturated heterocycles. The summed E-state index contributed by atoms with van der Waals surface area (Å²) in [4.78, 5) is 0. The summed E-state index contributed by atoms with van der Waals surface area (Å²) in [6.45, 7) is 0.766. The molecular weight excluding hydrogens is 318 g/mol. The monoisotopic (exact) mass is 333 g/mol. The molecule has 1 aliphatic rings. The molecule has 3 rings (SSSR count). The van der Waals surface area contributed by atoms with Gasteiger partial charge < -0.3 is 15.2 Å². The van der Waals surface area contributed by atoms with Crippen LogP contribution in [0, 0.1) is 0 Å². The van der Waals surface area contributed by atoms with E-state index in [1.54, 1.807) is 7.11 Å². The zero-order valence-corrected chi connectivity index (χ0v) is 12.8. The van der Waals surface area contributed by atoms with E-state index in [0.717, 1.165) is 40.1 Å². The van der Waals surface area contributed by atoms with Gasteiger partial charge in [-0.05, 0) is 50.8 Å². The molecule has 104 valence electrons. The molecule has 4 heteroatoms. The second kappa shape index (κ2) is 5.46. The topological polar surface area (TPSA) is 44.5 Å². The van der Waals surface area contributed by atoms with Gasteiger partial charge in [0.25, 0.3) is 0 Å². The summed E-state index contributed by atoms with van der Waals surface area (Å²) < 4.78 is 11.7. The standard InChI is InChI=1S/C16H16BrNO2/c1-19-15-5-3-12(9-13(15)17)16(18)11-2-4-14-10(8-11)6-7-20-14/h2-5,8-9,16H,6-7,18H2,1H3. The highest BCUT2D eigenvalue weighted by Gasteiger charge is 2.16. The Morgan fingerprint density at radius 3 is 2.70 bits per heavy atom. The summed E-state index contributed by atoms with van der Waals surface area (Å²) in [6.07, 6.45) is 0.961. The fourth-order valence-electron chi connectivity index (χ4n) is 2.47. The minimum absolute atomic E-state index is 0.150. The minimum Gasteiger partial charge on any atom is -0.496 e. The zero-order chi connectivity index (χ0) is 14.1. The fourth-order valence-corrected chi connectivity index (χ4v) is 3.03. The van der Waals surface area contributed by atoms with Gasteiger partial charge in [0.15, 0.2) is 0 Å². The van der Waals surface area contributed by atoms with Crippen LogP contribution in [0.25, 0.3) is 0 Å². The van der Waals surface area contributed by atoms with Crippen molar-refractivity contribution in [1.29, 1.82) is 0 Å². The predicted molar refractivity (Wildman–Crippen MR) is 82.4 cm³/mol. The largest absolute Gasteiger partial charge is 0.496 e. The molecule has 0 amide bonds. The second-order valence-electron chi connectivity index (χ2n) is 4.84. The second-order valence-corrected chi connectivity index (χ2v) is 5.69. The minimum atomic E-state index is -0.150. The third-order valence-electron chi connectivity index (χ3n) is 3.61. The van der Waals surface area contributed by atoms with Crippen molar-refractivity contribution in [3.63, 3.8) is 0 Å². The van der Waals surface area contributed by atoms with Crippen molar-refractivity contribution in [2.45, 2.75) is 12.5 Å². The van der Waals surface area contributed by atoms with Gasteiger partial charge in [0.1, 0.15) is 11.5 Å². The van der Waals surface area contributed by atoms with Crippen LogP contribution in [0.15, 0.2) is 40.9 Å². The molecule has 2 aromatic rings. The predicted octanol–water partition coefficient (Wildman–Crippen LogP) is 3.44. The molecule has 0 spiro atoms. The van der Waals surface area contributed by atoms with E-state index in [1.807, 2.05) is 30.3 Å². The number of halogens is 1. The van der Waals surface area contributed by atoms with Gasteiger partial charge in [0.2, 0.25) is 0 Å². The molecule has 0 saturated carbocycles. The zero-order valence-electron chi connectivity index (χ0n) is 11.2. The summed E-state index contributed by atoms with van der Waals surface area (Å²) in [6, 6.07) is 12.0. The van der Waals surface area contributed by atoms with Crippen LogP contribution in [0.3, 0.4) is 0 Å². The van der Waals surface area contributed by atoms with Crippen LogP contribution in [0.2, 0.25) is 0 Å². The maximum Gasteiger partial charge on any atom is 0.133 e. The first-order valence-electron chi connectivity index (χ1n) is 6.53. The third kappa shape index (κ3) is 2.41. The molecule has 1 heterocycles. The van der Waals surface area contributed by atoms with Gasteiger partial charge in [-0.3, -0.25) is 0 Å². The molecule has 1 atom stereocenters. The highest BCUT2D eigenvalue weighted by atomic mass is 79.9. The van der Waals surface area contributed by atoms with E-state index in [1.165, 1.54) is 5.56 Å². The number of benzene rings is 2. The Bertz CT molecular complexity index is 642. The normalized spacial score (nSPS) is 14.6. The van der Waals surface area contributed by atoms with E-state index >= 15 is 0 Å². The number of fused-ring (bicyclic) bond motifs is 1. The van der Waals surface area contributed by atoms with E-state index in [4.69, 9.17) is 15.2 Å². The lowest BCUT2D eigenvalue weighted by Crippen LogP contribution is -2.12. The Kier molecular flexibility index (Phi) is 3.68. The summed E-state index contributed by atoms with van der Waals surface area (Å²) in [5, 5.41) is 0. The lowest BCUT2D eigenvalue weighted by molar-refractivity contribution is 0.357. The number of ether oxygens (including phenoxy) is 2. The van der Waals surface area contributed by atoms with Gasteiger partial charge in [-0.15, -0.1) is 0 Å². The van der Waals surface area contributed by atoms with Crippen LogP contribution in [-0.4, -0.2) is 13.7 Å². The van der Waals surface area contributed by atoms with Gasteiger partial charge in [0, 0.05) is 6.42 Å². The van der Waals surface area contributed by atoms with E-state index in [0.29, 0.717) is 0 Å². The van der Waals surface area contributed by atoms with E-state index in [9.17, 15) is 0 Å². The third-order valence-corrected chi connectivity index (χ3v) is 4.23. The van der Waals surface area contributed by atoms with Crippen LogP contribution in [-0.2, 0) is 6.42 Å². The average Bonchev–Trinajstić information content (AvgIpc) is 2.93. The smallest absolute Gasteiger partial charge is 0.133 e. The first-order chi connectivity index (χ1) is 9.69. The number of rotatable bonds is 3. The van der Waals surface area contributed by atoms with E-state index < -0.39 is 0 Å². The molecule has 1 aliphatic heterocycles. The molecule has 1 unspecified atom stereocenters. The Hall–Kier alpha value is -1.52. The van der Waals surface area contributed by atoms with Crippen molar-refractivity contribution in [3.8, 4) is 11.5 Å². The summed E-state index contributed by atoms with van der Waals surface area (Å²) in [7, 11) is 1.65.